The van der Waals surface area contributed by atoms with E-state index in [-0.39, 0.29) is 5.70 Å². The van der Waals surface area contributed by atoms with Gasteiger partial charge in [-0.1, -0.05) is 72.8 Å². The molecule has 0 aliphatic carbocycles. The number of piperazine rings is 1. The van der Waals surface area contributed by atoms with Gasteiger partial charge in [0, 0.05) is 44.0 Å². The van der Waals surface area contributed by atoms with Gasteiger partial charge in [0.05, 0.1) is 5.70 Å². The van der Waals surface area contributed by atoms with Crippen LogP contribution in [0.5, 0.6) is 0 Å². The van der Waals surface area contributed by atoms with Crippen molar-refractivity contribution in [3.63, 3.8) is 0 Å². The number of likely N-dealkylation sites (N-methyl/N-ethyl adjacent to an activating group) is 2. The Balaban J connectivity index is 0.000000252. The molecule has 1 heterocycles. The van der Waals surface area contributed by atoms with Crippen LogP contribution in [0.2, 0.25) is 0 Å². The molecule has 1 atom stereocenters. The van der Waals surface area contributed by atoms with Crippen LogP contribution in [0.25, 0.3) is 5.70 Å². The number of carbonyl (C=O) groups excluding carboxylic acids is 1. The Morgan fingerprint density at radius 1 is 1.03 bits per heavy atom. The molecular weight excluding hydrogens is 489 g/mol. The van der Waals surface area contributed by atoms with Gasteiger partial charge in [0.15, 0.2) is 6.29 Å². The lowest BCUT2D eigenvalue weighted by molar-refractivity contribution is -0.107. The molecule has 7 heteroatoms. The highest BCUT2D eigenvalue weighted by atomic mass is 19.2. The van der Waals surface area contributed by atoms with E-state index in [0.29, 0.717) is 23.1 Å². The lowest BCUT2D eigenvalue weighted by atomic mass is 10.0. The quantitative estimate of drug-likeness (QED) is 0.144. The van der Waals surface area contributed by atoms with Crippen molar-refractivity contribution < 1.29 is 9.28 Å². The maximum absolute atomic E-state index is 13.7. The van der Waals surface area contributed by atoms with Crippen LogP contribution in [0, 0.1) is 0 Å². The summed E-state index contributed by atoms with van der Waals surface area (Å²) in [5, 5.41) is 10.1. The molecule has 0 aromatic heterocycles. The Bertz CT molecular complexity index is 1140. The van der Waals surface area contributed by atoms with Gasteiger partial charge in [-0.05, 0) is 63.2 Å². The van der Waals surface area contributed by atoms with E-state index in [0.717, 1.165) is 56.7 Å². The maximum Gasteiger partial charge on any atom is 0.170 e. The van der Waals surface area contributed by atoms with E-state index in [1.165, 1.54) is 18.2 Å². The molecule has 39 heavy (non-hydrogen) atoms. The molecule has 1 aliphatic rings. The Morgan fingerprint density at radius 3 is 2.28 bits per heavy atom. The first kappa shape index (κ1) is 30.0. The van der Waals surface area contributed by atoms with Crippen molar-refractivity contribution in [3.05, 3.63) is 107 Å². The lowest BCUT2D eigenvalue weighted by Crippen LogP contribution is -2.50. The van der Waals surface area contributed by atoms with Gasteiger partial charge in [-0.3, -0.25) is 4.79 Å². The van der Waals surface area contributed by atoms with Crippen LogP contribution in [-0.4, -0.2) is 69.7 Å². The van der Waals surface area contributed by atoms with Gasteiger partial charge in [-0.25, -0.2) is 5.12 Å². The van der Waals surface area contributed by atoms with E-state index < -0.39 is 0 Å². The second kappa shape index (κ2) is 16.4. The van der Waals surface area contributed by atoms with Gasteiger partial charge in [0.2, 0.25) is 0 Å². The topological polar surface area (TPSA) is 59.6 Å². The number of halogens is 1. The van der Waals surface area contributed by atoms with Crippen molar-refractivity contribution >= 4 is 17.7 Å². The molecule has 1 unspecified atom stereocenters. The number of rotatable bonds is 11. The van der Waals surface area contributed by atoms with E-state index in [9.17, 15) is 9.28 Å². The van der Waals surface area contributed by atoms with Crippen LogP contribution in [0.1, 0.15) is 23.1 Å². The molecule has 1 fully saturated rings. The maximum atomic E-state index is 13.7. The fraction of sp³-hybridized carbons (Fsp3) is 0.344. The van der Waals surface area contributed by atoms with E-state index >= 15 is 0 Å². The molecule has 208 valence electrons. The fourth-order valence-corrected chi connectivity index (χ4v) is 4.52. The monoisotopic (exact) mass is 531 g/mol. The fourth-order valence-electron chi connectivity index (χ4n) is 4.52. The average molecular weight is 532 g/mol. The molecule has 0 bridgehead atoms. The smallest absolute Gasteiger partial charge is 0.170 e. The molecule has 0 saturated carbocycles. The van der Waals surface area contributed by atoms with Crippen molar-refractivity contribution in [2.75, 3.05) is 52.6 Å². The van der Waals surface area contributed by atoms with E-state index in [4.69, 9.17) is 0 Å². The van der Waals surface area contributed by atoms with Gasteiger partial charge in [-0.15, -0.1) is 4.48 Å². The van der Waals surface area contributed by atoms with Crippen LogP contribution in [0.4, 0.5) is 10.2 Å². The summed E-state index contributed by atoms with van der Waals surface area (Å²) in [6, 6.07) is 28.6. The highest BCUT2D eigenvalue weighted by molar-refractivity contribution is 5.91. The second-order valence-corrected chi connectivity index (χ2v) is 9.78. The van der Waals surface area contributed by atoms with Gasteiger partial charge in [0.25, 0.3) is 0 Å². The number of carbonyl (C=O) groups is 1. The zero-order chi connectivity index (χ0) is 27.9. The first-order valence-electron chi connectivity index (χ1n) is 13.6. The third kappa shape index (κ3) is 9.94. The molecular formula is C32H42FN5O. The van der Waals surface area contributed by atoms with Crippen LogP contribution in [-0.2, 0) is 17.6 Å². The van der Waals surface area contributed by atoms with E-state index in [1.54, 1.807) is 0 Å². The first-order chi connectivity index (χ1) is 19.0. The Kier molecular flexibility index (Phi) is 12.7. The largest absolute Gasteiger partial charge is 0.353 e. The number of allylic oxidation sites excluding steroid dienone is 1. The summed E-state index contributed by atoms with van der Waals surface area (Å²) in [6.07, 6.45) is 3.74. The minimum absolute atomic E-state index is 0.0516. The zero-order valence-corrected chi connectivity index (χ0v) is 23.4. The zero-order valence-electron chi connectivity index (χ0n) is 23.4. The van der Waals surface area contributed by atoms with Gasteiger partial charge >= 0.3 is 0 Å². The highest BCUT2D eigenvalue weighted by Crippen LogP contribution is 2.23. The Hall–Kier alpha value is -3.52. The molecule has 3 N–H and O–H groups in total. The number of hydrogen-bond acceptors (Lipinski definition) is 6. The van der Waals surface area contributed by atoms with Crippen LogP contribution in [0.3, 0.4) is 0 Å². The number of anilines is 1. The molecule has 4 rings (SSSR count). The summed E-state index contributed by atoms with van der Waals surface area (Å²) in [5.41, 5.74) is 4.61. The van der Waals surface area contributed by atoms with Crippen LogP contribution < -0.4 is 16.0 Å². The standard InChI is InChI=1S/C20H24FN3O.C12H18N2/c1-22-14-6-7-16-10-12-18(13-11-16)23-20(19(15-25)24(2)21)17-8-4-3-5-9-17;1-14-8-7-13-10-12(14)9-11-5-3-2-4-6-11/h3-5,8-13,15,22-23H,6-7,14H2,1-2H3;2-6,12-13H,7-10H2,1H3/b20-19-;. The number of nitrogens with zero attached hydrogens (tertiary/aromatic N) is 2. The SMILES string of the molecule is CN1CCNCC1Cc1ccccc1.CNCCCc1ccc(N/C(=C(/C=O)N(C)F)c2ccccc2)cc1. The first-order valence-corrected chi connectivity index (χ1v) is 13.6. The molecule has 0 amide bonds. The minimum atomic E-state index is -0.0516. The minimum Gasteiger partial charge on any atom is -0.353 e. The van der Waals surface area contributed by atoms with Crippen molar-refractivity contribution in [2.24, 2.45) is 0 Å². The molecule has 3 aromatic rings. The Labute approximate surface area is 232 Å². The molecule has 1 aliphatic heterocycles. The van der Waals surface area contributed by atoms with Crippen LogP contribution in [0.15, 0.2) is 90.6 Å². The molecule has 1 saturated heterocycles. The number of benzene rings is 3. The molecule has 0 radical (unpaired) electrons. The van der Waals surface area contributed by atoms with Crippen molar-refractivity contribution in [3.8, 4) is 0 Å². The number of aryl methyl sites for hydroxylation is 1. The third-order valence-corrected chi connectivity index (χ3v) is 6.84. The van der Waals surface area contributed by atoms with Gasteiger partial charge in [0.1, 0.15) is 5.70 Å². The highest BCUT2D eigenvalue weighted by Gasteiger charge is 2.18. The average Bonchev–Trinajstić information content (AvgIpc) is 2.96. The molecule has 6 nitrogen and oxygen atoms in total. The number of aldehydes is 1. The number of nitrogens with one attached hydrogen (secondary N) is 3. The summed E-state index contributed by atoms with van der Waals surface area (Å²) in [4.78, 5) is 13.8. The summed E-state index contributed by atoms with van der Waals surface area (Å²) < 4.78 is 13.7. The normalized spacial score (nSPS) is 15.9. The predicted octanol–water partition coefficient (Wildman–Crippen LogP) is 4.77. The van der Waals surface area contributed by atoms with Crippen molar-refractivity contribution in [1.29, 1.82) is 0 Å². The summed E-state index contributed by atoms with van der Waals surface area (Å²) in [7, 11) is 5.37. The molecule has 3 aromatic carbocycles. The number of hydrogen-bond donors (Lipinski definition) is 3. The third-order valence-electron chi connectivity index (χ3n) is 6.84. The van der Waals surface area contributed by atoms with Crippen molar-refractivity contribution in [1.82, 2.24) is 20.7 Å². The summed E-state index contributed by atoms with van der Waals surface area (Å²) >= 11 is 0. The molecule has 0 spiro atoms. The van der Waals surface area contributed by atoms with Crippen LogP contribution >= 0.6 is 0 Å². The Morgan fingerprint density at radius 2 is 1.69 bits per heavy atom. The summed E-state index contributed by atoms with van der Waals surface area (Å²) in [6.45, 7) is 4.39. The van der Waals surface area contributed by atoms with Gasteiger partial charge in [-0.2, -0.15) is 0 Å². The van der Waals surface area contributed by atoms with Gasteiger partial charge < -0.3 is 20.9 Å². The predicted molar refractivity (Wildman–Crippen MR) is 160 cm³/mol. The second-order valence-electron chi connectivity index (χ2n) is 9.78. The van der Waals surface area contributed by atoms with Crippen molar-refractivity contribution in [2.45, 2.75) is 25.3 Å². The van der Waals surface area contributed by atoms with E-state index in [1.807, 2.05) is 61.6 Å². The summed E-state index contributed by atoms with van der Waals surface area (Å²) in [5.74, 6) is 0. The lowest BCUT2D eigenvalue weighted by Gasteiger charge is -2.33. The van der Waals surface area contributed by atoms with E-state index in [2.05, 4.69) is 58.2 Å².